The summed E-state index contributed by atoms with van der Waals surface area (Å²) in [4.78, 5) is 14.0. The Morgan fingerprint density at radius 1 is 1.42 bits per heavy atom. The molecule has 2 heterocycles. The molecule has 0 saturated carbocycles. The van der Waals surface area contributed by atoms with Crippen molar-refractivity contribution >= 4 is 16.8 Å². The third-order valence-corrected chi connectivity index (χ3v) is 3.88. The van der Waals surface area contributed by atoms with Crippen molar-refractivity contribution in [1.29, 1.82) is 0 Å². The SMILES string of the molecule is CCC1(O)CN(C(=O)c2nn(C)c3ccccc23)C1. The van der Waals surface area contributed by atoms with Crippen LogP contribution in [0.25, 0.3) is 10.9 Å². The summed E-state index contributed by atoms with van der Waals surface area (Å²) in [5, 5.41) is 15.2. The lowest BCUT2D eigenvalue weighted by atomic mass is 9.91. The van der Waals surface area contributed by atoms with Crippen molar-refractivity contribution in [2.24, 2.45) is 7.05 Å². The zero-order valence-corrected chi connectivity index (χ0v) is 11.1. The molecule has 2 aromatic rings. The van der Waals surface area contributed by atoms with Gasteiger partial charge in [0.25, 0.3) is 5.91 Å². The van der Waals surface area contributed by atoms with Gasteiger partial charge in [0.05, 0.1) is 24.2 Å². The fraction of sp³-hybridized carbons (Fsp3) is 0.429. The zero-order chi connectivity index (χ0) is 13.6. The Morgan fingerprint density at radius 2 is 2.11 bits per heavy atom. The van der Waals surface area contributed by atoms with E-state index in [1.807, 2.05) is 38.2 Å². The third kappa shape index (κ3) is 1.81. The number of nitrogens with zero attached hydrogens (tertiary/aromatic N) is 3. The number of para-hydroxylation sites is 1. The van der Waals surface area contributed by atoms with Crippen LogP contribution in [0.4, 0.5) is 0 Å². The number of hydrogen-bond donors (Lipinski definition) is 1. The molecule has 5 nitrogen and oxygen atoms in total. The summed E-state index contributed by atoms with van der Waals surface area (Å²) in [6.45, 7) is 2.72. The number of carbonyl (C=O) groups is 1. The summed E-state index contributed by atoms with van der Waals surface area (Å²) < 4.78 is 1.72. The number of aromatic nitrogens is 2. The molecule has 0 unspecified atom stereocenters. The molecule has 1 aliphatic rings. The minimum Gasteiger partial charge on any atom is -0.386 e. The second-order valence-electron chi connectivity index (χ2n) is 5.23. The summed E-state index contributed by atoms with van der Waals surface area (Å²) in [6.07, 6.45) is 0.666. The number of aliphatic hydroxyl groups is 1. The number of likely N-dealkylation sites (tertiary alicyclic amines) is 1. The first-order valence-corrected chi connectivity index (χ1v) is 6.47. The Hall–Kier alpha value is -1.88. The Kier molecular flexibility index (Phi) is 2.60. The maximum Gasteiger partial charge on any atom is 0.275 e. The van der Waals surface area contributed by atoms with Crippen molar-refractivity contribution in [3.8, 4) is 0 Å². The fourth-order valence-electron chi connectivity index (χ4n) is 2.55. The zero-order valence-electron chi connectivity index (χ0n) is 11.1. The predicted molar refractivity (Wildman–Crippen MR) is 71.9 cm³/mol. The standard InChI is InChI=1S/C14H17N3O2/c1-3-14(19)8-17(9-14)13(18)12-10-6-4-5-7-11(10)16(2)15-12/h4-7,19H,3,8-9H2,1-2H3. The van der Waals surface area contributed by atoms with Gasteiger partial charge in [-0.15, -0.1) is 0 Å². The first-order chi connectivity index (χ1) is 9.04. The molecule has 0 radical (unpaired) electrons. The van der Waals surface area contributed by atoms with Crippen LogP contribution in [0.15, 0.2) is 24.3 Å². The summed E-state index contributed by atoms with van der Waals surface area (Å²) >= 11 is 0. The summed E-state index contributed by atoms with van der Waals surface area (Å²) in [6, 6.07) is 7.68. The maximum absolute atomic E-state index is 12.4. The number of β-amino-alcohol motifs (C(OH)–C–C–N with tert-alkyl or cyclic N) is 1. The van der Waals surface area contributed by atoms with Gasteiger partial charge in [0.15, 0.2) is 5.69 Å². The number of rotatable bonds is 2. The second kappa shape index (κ2) is 4.06. The predicted octanol–water partition coefficient (Wildman–Crippen LogP) is 1.17. The molecule has 5 heteroatoms. The minimum atomic E-state index is -0.708. The normalized spacial score (nSPS) is 17.5. The molecule has 1 saturated heterocycles. The van der Waals surface area contributed by atoms with Gasteiger partial charge in [0.2, 0.25) is 0 Å². The van der Waals surface area contributed by atoms with Gasteiger partial charge >= 0.3 is 0 Å². The lowest BCUT2D eigenvalue weighted by Crippen LogP contribution is -2.63. The molecule has 0 aliphatic carbocycles. The Labute approximate surface area is 111 Å². The molecular weight excluding hydrogens is 242 g/mol. The largest absolute Gasteiger partial charge is 0.386 e. The van der Waals surface area contributed by atoms with Gasteiger partial charge in [-0.2, -0.15) is 5.10 Å². The molecule has 100 valence electrons. The van der Waals surface area contributed by atoms with Crippen LogP contribution >= 0.6 is 0 Å². The molecule has 0 bridgehead atoms. The Balaban J connectivity index is 1.91. The third-order valence-electron chi connectivity index (χ3n) is 3.88. The van der Waals surface area contributed by atoms with Gasteiger partial charge in [-0.1, -0.05) is 25.1 Å². The van der Waals surface area contributed by atoms with Crippen molar-refractivity contribution in [2.75, 3.05) is 13.1 Å². The maximum atomic E-state index is 12.4. The average molecular weight is 259 g/mol. The molecule has 1 amide bonds. The van der Waals surface area contributed by atoms with Crippen LogP contribution in [-0.4, -0.2) is 44.4 Å². The van der Waals surface area contributed by atoms with Crippen molar-refractivity contribution < 1.29 is 9.90 Å². The number of hydrogen-bond acceptors (Lipinski definition) is 3. The van der Waals surface area contributed by atoms with Crippen molar-refractivity contribution in [1.82, 2.24) is 14.7 Å². The van der Waals surface area contributed by atoms with E-state index in [2.05, 4.69) is 5.10 Å². The van der Waals surface area contributed by atoms with E-state index < -0.39 is 5.60 Å². The second-order valence-corrected chi connectivity index (χ2v) is 5.23. The molecule has 1 aromatic heterocycles. The number of fused-ring (bicyclic) bond motifs is 1. The van der Waals surface area contributed by atoms with E-state index in [1.165, 1.54) is 0 Å². The van der Waals surface area contributed by atoms with E-state index in [4.69, 9.17) is 0 Å². The lowest BCUT2D eigenvalue weighted by Gasteiger charge is -2.45. The number of amides is 1. The molecule has 0 atom stereocenters. The van der Waals surface area contributed by atoms with E-state index in [0.717, 1.165) is 10.9 Å². The highest BCUT2D eigenvalue weighted by Crippen LogP contribution is 2.27. The van der Waals surface area contributed by atoms with E-state index in [9.17, 15) is 9.90 Å². The number of benzene rings is 1. The van der Waals surface area contributed by atoms with E-state index in [-0.39, 0.29) is 5.91 Å². The Bertz CT molecular complexity index is 641. The monoisotopic (exact) mass is 259 g/mol. The Morgan fingerprint density at radius 3 is 2.79 bits per heavy atom. The van der Waals surface area contributed by atoms with Crippen molar-refractivity contribution in [3.63, 3.8) is 0 Å². The average Bonchev–Trinajstić information content (AvgIpc) is 2.72. The van der Waals surface area contributed by atoms with Crippen LogP contribution in [0.3, 0.4) is 0 Å². The van der Waals surface area contributed by atoms with Crippen LogP contribution in [0.1, 0.15) is 23.8 Å². The molecule has 0 spiro atoms. The molecular formula is C14H17N3O2. The first-order valence-electron chi connectivity index (χ1n) is 6.47. The van der Waals surface area contributed by atoms with Crippen LogP contribution in [0.5, 0.6) is 0 Å². The van der Waals surface area contributed by atoms with E-state index in [1.54, 1.807) is 9.58 Å². The summed E-state index contributed by atoms with van der Waals surface area (Å²) in [5.74, 6) is -0.102. The quantitative estimate of drug-likeness (QED) is 0.880. The first kappa shape index (κ1) is 12.2. The highest BCUT2D eigenvalue weighted by molar-refractivity contribution is 6.05. The molecule has 1 aromatic carbocycles. The van der Waals surface area contributed by atoms with Gasteiger partial charge in [-0.3, -0.25) is 9.48 Å². The minimum absolute atomic E-state index is 0.102. The molecule has 19 heavy (non-hydrogen) atoms. The van der Waals surface area contributed by atoms with Crippen LogP contribution < -0.4 is 0 Å². The number of carbonyl (C=O) groups excluding carboxylic acids is 1. The van der Waals surface area contributed by atoms with Gasteiger partial charge in [0, 0.05) is 12.4 Å². The molecule has 1 aliphatic heterocycles. The van der Waals surface area contributed by atoms with Gasteiger partial charge in [-0.25, -0.2) is 0 Å². The molecule has 1 N–H and O–H groups in total. The molecule has 3 rings (SSSR count). The van der Waals surface area contributed by atoms with Crippen LogP contribution in [-0.2, 0) is 7.05 Å². The lowest BCUT2D eigenvalue weighted by molar-refractivity contribution is -0.0827. The van der Waals surface area contributed by atoms with Gasteiger partial charge < -0.3 is 10.0 Å². The number of aryl methyl sites for hydroxylation is 1. The summed E-state index contributed by atoms with van der Waals surface area (Å²) in [7, 11) is 1.83. The smallest absolute Gasteiger partial charge is 0.275 e. The van der Waals surface area contributed by atoms with Crippen LogP contribution in [0, 0.1) is 0 Å². The van der Waals surface area contributed by atoms with E-state index in [0.29, 0.717) is 25.2 Å². The topological polar surface area (TPSA) is 58.4 Å². The van der Waals surface area contributed by atoms with Crippen molar-refractivity contribution in [3.05, 3.63) is 30.0 Å². The van der Waals surface area contributed by atoms with Gasteiger partial charge in [-0.05, 0) is 12.5 Å². The van der Waals surface area contributed by atoms with Crippen molar-refractivity contribution in [2.45, 2.75) is 18.9 Å². The summed E-state index contributed by atoms with van der Waals surface area (Å²) in [5.41, 5.74) is 0.702. The fourth-order valence-corrected chi connectivity index (χ4v) is 2.55. The van der Waals surface area contributed by atoms with E-state index >= 15 is 0 Å². The highest BCUT2D eigenvalue weighted by Gasteiger charge is 2.43. The molecule has 1 fully saturated rings. The van der Waals surface area contributed by atoms with Crippen LogP contribution in [0.2, 0.25) is 0 Å². The highest BCUT2D eigenvalue weighted by atomic mass is 16.3. The van der Waals surface area contributed by atoms with Gasteiger partial charge in [0.1, 0.15) is 0 Å².